The van der Waals surface area contributed by atoms with Gasteiger partial charge < -0.3 is 15.1 Å². The van der Waals surface area contributed by atoms with Gasteiger partial charge in [0.15, 0.2) is 0 Å². The van der Waals surface area contributed by atoms with Crippen LogP contribution >= 0.6 is 0 Å². The summed E-state index contributed by atoms with van der Waals surface area (Å²) < 4.78 is 0. The Labute approximate surface area is 82.1 Å². The summed E-state index contributed by atoms with van der Waals surface area (Å²) >= 11 is 0. The van der Waals surface area contributed by atoms with Gasteiger partial charge in [-0.05, 0) is 34.5 Å². The van der Waals surface area contributed by atoms with E-state index in [4.69, 9.17) is 0 Å². The zero-order valence-corrected chi connectivity index (χ0v) is 9.38. The van der Waals surface area contributed by atoms with E-state index >= 15 is 0 Å². The highest BCUT2D eigenvalue weighted by molar-refractivity contribution is 4.84. The lowest BCUT2D eigenvalue weighted by Crippen LogP contribution is -2.36. The van der Waals surface area contributed by atoms with Gasteiger partial charge in [-0.25, -0.2) is 0 Å². The Morgan fingerprint density at radius 2 is 2.15 bits per heavy atom. The molecule has 0 radical (unpaired) electrons. The molecule has 1 saturated heterocycles. The highest BCUT2D eigenvalue weighted by atomic mass is 15.2. The maximum Gasteiger partial charge on any atom is 0.0210 e. The first-order valence-corrected chi connectivity index (χ1v) is 5.18. The Morgan fingerprint density at radius 1 is 1.46 bits per heavy atom. The first kappa shape index (κ1) is 11.0. The summed E-state index contributed by atoms with van der Waals surface area (Å²) in [5, 5.41) is 3.59. The van der Waals surface area contributed by atoms with Gasteiger partial charge in [0.1, 0.15) is 0 Å². The minimum atomic E-state index is 0.708. The fourth-order valence-electron chi connectivity index (χ4n) is 1.83. The van der Waals surface area contributed by atoms with Crippen LogP contribution in [0.2, 0.25) is 0 Å². The average molecular weight is 185 g/mol. The van der Waals surface area contributed by atoms with E-state index < -0.39 is 0 Å². The summed E-state index contributed by atoms with van der Waals surface area (Å²) in [5.74, 6) is 0. The highest BCUT2D eigenvalue weighted by Crippen LogP contribution is 2.14. The fourth-order valence-corrected chi connectivity index (χ4v) is 1.83. The third kappa shape index (κ3) is 3.63. The number of rotatable bonds is 4. The molecular weight excluding hydrogens is 162 g/mol. The van der Waals surface area contributed by atoms with E-state index in [0.29, 0.717) is 6.04 Å². The standard InChI is InChI=1S/C10H23N3/c1-9-7-10(8-13(9)4)11-5-6-12(2)3/h9-11H,5-8H2,1-4H3. The molecule has 0 bridgehead atoms. The molecule has 0 aromatic rings. The van der Waals surface area contributed by atoms with Crippen molar-refractivity contribution in [3.05, 3.63) is 0 Å². The van der Waals surface area contributed by atoms with Crippen molar-refractivity contribution in [2.75, 3.05) is 40.8 Å². The number of likely N-dealkylation sites (N-methyl/N-ethyl adjacent to an activating group) is 2. The molecule has 3 nitrogen and oxygen atoms in total. The number of hydrogen-bond donors (Lipinski definition) is 1. The predicted molar refractivity (Wildman–Crippen MR) is 57.1 cm³/mol. The summed E-state index contributed by atoms with van der Waals surface area (Å²) in [6.45, 7) is 5.75. The van der Waals surface area contributed by atoms with E-state index in [0.717, 1.165) is 19.1 Å². The van der Waals surface area contributed by atoms with E-state index in [1.165, 1.54) is 13.0 Å². The van der Waals surface area contributed by atoms with Crippen LogP contribution in [0, 0.1) is 0 Å². The molecular formula is C10H23N3. The number of nitrogens with zero attached hydrogens (tertiary/aromatic N) is 2. The maximum atomic E-state index is 3.59. The number of hydrogen-bond acceptors (Lipinski definition) is 3. The van der Waals surface area contributed by atoms with Crippen LogP contribution in [0.1, 0.15) is 13.3 Å². The highest BCUT2D eigenvalue weighted by Gasteiger charge is 2.24. The fraction of sp³-hybridized carbons (Fsp3) is 1.00. The third-order valence-electron chi connectivity index (χ3n) is 2.88. The van der Waals surface area contributed by atoms with Crippen molar-refractivity contribution < 1.29 is 0 Å². The van der Waals surface area contributed by atoms with Gasteiger partial charge in [-0.15, -0.1) is 0 Å². The molecule has 0 aromatic carbocycles. The van der Waals surface area contributed by atoms with Crippen LogP contribution in [0.3, 0.4) is 0 Å². The summed E-state index contributed by atoms with van der Waals surface area (Å²) in [5.41, 5.74) is 0. The lowest BCUT2D eigenvalue weighted by Gasteiger charge is -2.15. The summed E-state index contributed by atoms with van der Waals surface area (Å²) in [4.78, 5) is 4.64. The lowest BCUT2D eigenvalue weighted by atomic mass is 10.2. The second-order valence-electron chi connectivity index (χ2n) is 4.48. The van der Waals surface area contributed by atoms with Gasteiger partial charge in [-0.3, -0.25) is 0 Å². The third-order valence-corrected chi connectivity index (χ3v) is 2.88. The van der Waals surface area contributed by atoms with E-state index in [2.05, 4.69) is 43.2 Å². The summed E-state index contributed by atoms with van der Waals surface area (Å²) in [6, 6.07) is 1.46. The van der Waals surface area contributed by atoms with Gasteiger partial charge in [-0.2, -0.15) is 0 Å². The van der Waals surface area contributed by atoms with Crippen LogP contribution in [-0.2, 0) is 0 Å². The van der Waals surface area contributed by atoms with E-state index in [9.17, 15) is 0 Å². The Kier molecular flexibility index (Phi) is 4.16. The Bertz CT molecular complexity index is 137. The molecule has 0 aliphatic carbocycles. The first-order chi connectivity index (χ1) is 6.09. The smallest absolute Gasteiger partial charge is 0.0210 e. The molecule has 1 fully saturated rings. The van der Waals surface area contributed by atoms with Gasteiger partial charge >= 0.3 is 0 Å². The lowest BCUT2D eigenvalue weighted by molar-refractivity contribution is 0.325. The molecule has 2 atom stereocenters. The second-order valence-corrected chi connectivity index (χ2v) is 4.48. The van der Waals surface area contributed by atoms with Crippen LogP contribution in [0.5, 0.6) is 0 Å². The van der Waals surface area contributed by atoms with Gasteiger partial charge in [0.2, 0.25) is 0 Å². The molecule has 1 aliphatic rings. The molecule has 1 N–H and O–H groups in total. The molecule has 1 aliphatic heterocycles. The Balaban J connectivity index is 2.10. The molecule has 1 rings (SSSR count). The van der Waals surface area contributed by atoms with Crippen molar-refractivity contribution in [3.8, 4) is 0 Å². The normalized spacial score (nSPS) is 30.2. The molecule has 0 spiro atoms. The SMILES string of the molecule is CC1CC(NCCN(C)C)CN1C. The van der Waals surface area contributed by atoms with E-state index in [1.54, 1.807) is 0 Å². The van der Waals surface area contributed by atoms with Crippen molar-refractivity contribution in [1.29, 1.82) is 0 Å². The van der Waals surface area contributed by atoms with Crippen LogP contribution in [0.4, 0.5) is 0 Å². The van der Waals surface area contributed by atoms with E-state index in [1.807, 2.05) is 0 Å². The Hall–Kier alpha value is -0.120. The Morgan fingerprint density at radius 3 is 2.62 bits per heavy atom. The van der Waals surface area contributed by atoms with Gasteiger partial charge in [0.05, 0.1) is 0 Å². The summed E-state index contributed by atoms with van der Waals surface area (Å²) in [6.07, 6.45) is 1.30. The quantitative estimate of drug-likeness (QED) is 0.676. The van der Waals surface area contributed by atoms with Crippen molar-refractivity contribution in [1.82, 2.24) is 15.1 Å². The molecule has 0 saturated carbocycles. The zero-order chi connectivity index (χ0) is 9.84. The predicted octanol–water partition coefficient (Wildman–Crippen LogP) is 0.230. The van der Waals surface area contributed by atoms with Gasteiger partial charge in [0, 0.05) is 31.7 Å². The largest absolute Gasteiger partial charge is 0.311 e. The van der Waals surface area contributed by atoms with Crippen LogP contribution in [0.25, 0.3) is 0 Å². The molecule has 1 heterocycles. The molecule has 13 heavy (non-hydrogen) atoms. The second kappa shape index (κ2) is 4.94. The minimum Gasteiger partial charge on any atom is -0.311 e. The zero-order valence-electron chi connectivity index (χ0n) is 9.38. The van der Waals surface area contributed by atoms with Gasteiger partial charge in [-0.1, -0.05) is 0 Å². The molecule has 3 heteroatoms. The minimum absolute atomic E-state index is 0.708. The van der Waals surface area contributed by atoms with Crippen LogP contribution in [-0.4, -0.2) is 62.7 Å². The number of likely N-dealkylation sites (tertiary alicyclic amines) is 1. The van der Waals surface area contributed by atoms with E-state index in [-0.39, 0.29) is 0 Å². The van der Waals surface area contributed by atoms with Crippen molar-refractivity contribution in [2.24, 2.45) is 0 Å². The first-order valence-electron chi connectivity index (χ1n) is 5.18. The molecule has 2 unspecified atom stereocenters. The molecule has 78 valence electrons. The van der Waals surface area contributed by atoms with Crippen molar-refractivity contribution in [2.45, 2.75) is 25.4 Å². The average Bonchev–Trinajstić information content (AvgIpc) is 2.30. The topological polar surface area (TPSA) is 18.5 Å². The van der Waals surface area contributed by atoms with Crippen molar-refractivity contribution >= 4 is 0 Å². The van der Waals surface area contributed by atoms with Crippen LogP contribution < -0.4 is 5.32 Å². The van der Waals surface area contributed by atoms with Gasteiger partial charge in [0.25, 0.3) is 0 Å². The monoisotopic (exact) mass is 185 g/mol. The van der Waals surface area contributed by atoms with Crippen molar-refractivity contribution in [3.63, 3.8) is 0 Å². The maximum absolute atomic E-state index is 3.59. The number of nitrogens with one attached hydrogen (secondary N) is 1. The molecule has 0 aromatic heterocycles. The molecule has 0 amide bonds. The van der Waals surface area contributed by atoms with Crippen LogP contribution in [0.15, 0.2) is 0 Å². The summed E-state index contributed by atoms with van der Waals surface area (Å²) in [7, 11) is 6.44.